The van der Waals surface area contributed by atoms with E-state index in [1.807, 2.05) is 24.3 Å². The van der Waals surface area contributed by atoms with Crippen LogP contribution >= 0.6 is 15.9 Å². The monoisotopic (exact) mass is 312 g/mol. The number of hydrogen-bond donors (Lipinski definition) is 2. The average molecular weight is 313 g/mol. The third-order valence-electron chi connectivity index (χ3n) is 2.55. The molecule has 0 amide bonds. The molecule has 0 aliphatic heterocycles. The lowest BCUT2D eigenvalue weighted by molar-refractivity contribution is 1.42. The molecule has 2 aromatic carbocycles. The summed E-state index contributed by atoms with van der Waals surface area (Å²) in [4.78, 5) is 0. The fraction of sp³-hybridized carbons (Fsp3) is 0. The molecule has 4 nitrogen and oxygen atoms in total. The normalized spacial score (nSPS) is 9.42. The Morgan fingerprint density at radius 3 is 2.42 bits per heavy atom. The molecule has 0 fully saturated rings. The second kappa shape index (κ2) is 5.43. The van der Waals surface area contributed by atoms with Gasteiger partial charge >= 0.3 is 0 Å². The molecule has 19 heavy (non-hydrogen) atoms. The Hall–Kier alpha value is -2.50. The van der Waals surface area contributed by atoms with Gasteiger partial charge in [0.25, 0.3) is 0 Å². The first-order chi connectivity index (χ1) is 9.13. The van der Waals surface area contributed by atoms with Crippen molar-refractivity contribution in [3.8, 4) is 12.1 Å². The third kappa shape index (κ3) is 2.85. The van der Waals surface area contributed by atoms with Crippen LogP contribution in [0.5, 0.6) is 0 Å². The summed E-state index contributed by atoms with van der Waals surface area (Å²) in [5, 5.41) is 21.0. The number of nitrogens with two attached hydrogens (primary N) is 1. The van der Waals surface area contributed by atoms with E-state index in [0.29, 0.717) is 22.5 Å². The fourth-order valence-electron chi connectivity index (χ4n) is 1.60. The van der Waals surface area contributed by atoms with Crippen molar-refractivity contribution in [3.05, 3.63) is 52.0 Å². The van der Waals surface area contributed by atoms with Gasteiger partial charge in [-0.2, -0.15) is 10.5 Å². The SMILES string of the molecule is N#Cc1ccc(Nc2cc(Br)ccc2N)cc1C#N. The minimum Gasteiger partial charge on any atom is -0.397 e. The molecule has 92 valence electrons. The summed E-state index contributed by atoms with van der Waals surface area (Å²) in [5.41, 5.74) is 8.60. The van der Waals surface area contributed by atoms with E-state index < -0.39 is 0 Å². The van der Waals surface area contributed by atoms with E-state index in [1.165, 1.54) is 0 Å². The van der Waals surface area contributed by atoms with Crippen LogP contribution in [0.3, 0.4) is 0 Å². The molecule has 0 atom stereocenters. The molecular weight excluding hydrogens is 304 g/mol. The number of rotatable bonds is 2. The minimum absolute atomic E-state index is 0.334. The zero-order chi connectivity index (χ0) is 13.8. The van der Waals surface area contributed by atoms with Crippen LogP contribution < -0.4 is 11.1 Å². The third-order valence-corrected chi connectivity index (χ3v) is 3.05. The molecule has 0 bridgehead atoms. The van der Waals surface area contributed by atoms with Crippen LogP contribution in [0.1, 0.15) is 11.1 Å². The van der Waals surface area contributed by atoms with E-state index in [2.05, 4.69) is 21.2 Å². The molecule has 0 unspecified atom stereocenters. The second-order valence-corrected chi connectivity index (χ2v) is 4.76. The summed E-state index contributed by atoms with van der Waals surface area (Å²) in [6.45, 7) is 0. The van der Waals surface area contributed by atoms with Gasteiger partial charge in [0.15, 0.2) is 0 Å². The van der Waals surface area contributed by atoms with Crippen LogP contribution in [-0.4, -0.2) is 0 Å². The number of benzene rings is 2. The van der Waals surface area contributed by atoms with E-state index in [-0.39, 0.29) is 0 Å². The lowest BCUT2D eigenvalue weighted by Crippen LogP contribution is -1.97. The maximum absolute atomic E-state index is 8.98. The highest BCUT2D eigenvalue weighted by Crippen LogP contribution is 2.27. The molecule has 5 heteroatoms. The van der Waals surface area contributed by atoms with Crippen molar-refractivity contribution in [1.82, 2.24) is 0 Å². The van der Waals surface area contributed by atoms with Crippen LogP contribution in [0, 0.1) is 22.7 Å². The predicted molar refractivity (Wildman–Crippen MR) is 77.7 cm³/mol. The van der Waals surface area contributed by atoms with Crippen LogP contribution in [0.25, 0.3) is 0 Å². The van der Waals surface area contributed by atoms with Gasteiger partial charge in [-0.3, -0.25) is 0 Å². The summed E-state index contributed by atoms with van der Waals surface area (Å²) >= 11 is 3.37. The Labute approximate surface area is 119 Å². The van der Waals surface area contributed by atoms with Crippen molar-refractivity contribution >= 4 is 33.0 Å². The smallest absolute Gasteiger partial charge is 0.101 e. The summed E-state index contributed by atoms with van der Waals surface area (Å²) in [7, 11) is 0. The second-order valence-electron chi connectivity index (χ2n) is 3.84. The Morgan fingerprint density at radius 2 is 1.74 bits per heavy atom. The van der Waals surface area contributed by atoms with E-state index in [1.54, 1.807) is 24.3 Å². The standard InChI is InChI=1S/C14H9BrN4/c15-11-2-4-13(18)14(6-11)19-12-3-1-9(7-16)10(5-12)8-17/h1-6,19H,18H2. The van der Waals surface area contributed by atoms with Gasteiger partial charge in [-0.25, -0.2) is 0 Å². The molecule has 3 N–H and O–H groups in total. The minimum atomic E-state index is 0.334. The molecule has 0 aromatic heterocycles. The highest BCUT2D eigenvalue weighted by molar-refractivity contribution is 9.10. The van der Waals surface area contributed by atoms with Crippen molar-refractivity contribution in [2.45, 2.75) is 0 Å². The number of nitrogens with zero attached hydrogens (tertiary/aromatic N) is 2. The van der Waals surface area contributed by atoms with Gasteiger partial charge in [0.05, 0.1) is 22.5 Å². The van der Waals surface area contributed by atoms with Crippen LogP contribution in [-0.2, 0) is 0 Å². The number of halogens is 1. The molecule has 2 rings (SSSR count). The van der Waals surface area contributed by atoms with Crippen LogP contribution in [0.2, 0.25) is 0 Å². The zero-order valence-electron chi connectivity index (χ0n) is 9.81. The number of nitrogens with one attached hydrogen (secondary N) is 1. The molecule has 2 aromatic rings. The number of nitriles is 2. The lowest BCUT2D eigenvalue weighted by Gasteiger charge is -2.10. The molecule has 0 aliphatic carbocycles. The van der Waals surface area contributed by atoms with Crippen LogP contribution in [0.4, 0.5) is 17.1 Å². The van der Waals surface area contributed by atoms with E-state index >= 15 is 0 Å². The first-order valence-electron chi connectivity index (χ1n) is 5.40. The van der Waals surface area contributed by atoms with Gasteiger partial charge in [0.1, 0.15) is 12.1 Å². The Morgan fingerprint density at radius 1 is 1.00 bits per heavy atom. The Kier molecular flexibility index (Phi) is 3.70. The highest BCUT2D eigenvalue weighted by atomic mass is 79.9. The van der Waals surface area contributed by atoms with Gasteiger partial charge < -0.3 is 11.1 Å². The van der Waals surface area contributed by atoms with Gasteiger partial charge in [-0.05, 0) is 36.4 Å². The molecule has 0 saturated heterocycles. The number of hydrogen-bond acceptors (Lipinski definition) is 4. The predicted octanol–water partition coefficient (Wildman–Crippen LogP) is 3.52. The van der Waals surface area contributed by atoms with Crippen LogP contribution in [0.15, 0.2) is 40.9 Å². The highest BCUT2D eigenvalue weighted by Gasteiger charge is 2.05. The summed E-state index contributed by atoms with van der Waals surface area (Å²) in [6.07, 6.45) is 0. The first kappa shape index (κ1) is 12.9. The summed E-state index contributed by atoms with van der Waals surface area (Å²) < 4.78 is 0.901. The maximum atomic E-state index is 8.98. The van der Waals surface area contributed by atoms with Gasteiger partial charge in [0.2, 0.25) is 0 Å². The van der Waals surface area contributed by atoms with Crippen molar-refractivity contribution < 1.29 is 0 Å². The quantitative estimate of drug-likeness (QED) is 0.831. The molecular formula is C14H9BrN4. The largest absolute Gasteiger partial charge is 0.397 e. The number of anilines is 3. The summed E-state index contributed by atoms with van der Waals surface area (Å²) in [5.74, 6) is 0. The Balaban J connectivity index is 2.37. The molecule has 0 spiro atoms. The van der Waals surface area contributed by atoms with Gasteiger partial charge in [-0.1, -0.05) is 15.9 Å². The molecule has 0 heterocycles. The Bertz CT molecular complexity index is 710. The fourth-order valence-corrected chi connectivity index (χ4v) is 1.97. The summed E-state index contributed by atoms with van der Waals surface area (Å²) in [6, 6.07) is 14.4. The van der Waals surface area contributed by atoms with E-state index in [4.69, 9.17) is 16.3 Å². The lowest BCUT2D eigenvalue weighted by atomic mass is 10.1. The molecule has 0 aliphatic rings. The van der Waals surface area contributed by atoms with Crippen molar-refractivity contribution in [2.24, 2.45) is 0 Å². The van der Waals surface area contributed by atoms with E-state index in [0.717, 1.165) is 10.2 Å². The topological polar surface area (TPSA) is 85.6 Å². The van der Waals surface area contributed by atoms with Gasteiger partial charge in [-0.15, -0.1) is 0 Å². The molecule has 0 radical (unpaired) electrons. The average Bonchev–Trinajstić information content (AvgIpc) is 2.42. The van der Waals surface area contributed by atoms with E-state index in [9.17, 15) is 0 Å². The van der Waals surface area contributed by atoms with Crippen molar-refractivity contribution in [1.29, 1.82) is 10.5 Å². The first-order valence-corrected chi connectivity index (χ1v) is 6.19. The van der Waals surface area contributed by atoms with Gasteiger partial charge in [0, 0.05) is 10.2 Å². The molecule has 0 saturated carbocycles. The van der Waals surface area contributed by atoms with Crippen molar-refractivity contribution in [3.63, 3.8) is 0 Å². The zero-order valence-corrected chi connectivity index (χ0v) is 11.4. The maximum Gasteiger partial charge on any atom is 0.101 e. The number of nitrogen functional groups attached to an aromatic ring is 1. The van der Waals surface area contributed by atoms with Crippen molar-refractivity contribution in [2.75, 3.05) is 11.1 Å².